The highest BCUT2D eigenvalue weighted by Crippen LogP contribution is 2.25. The molecule has 1 aromatic carbocycles. The molecule has 0 amide bonds. The highest BCUT2D eigenvalue weighted by atomic mass is 35.5. The first-order valence-electron chi connectivity index (χ1n) is 7.38. The lowest BCUT2D eigenvalue weighted by atomic mass is 10.1. The van der Waals surface area contributed by atoms with Crippen molar-refractivity contribution in [3.63, 3.8) is 0 Å². The zero-order valence-electron chi connectivity index (χ0n) is 12.1. The van der Waals surface area contributed by atoms with Crippen LogP contribution in [0.15, 0.2) is 24.3 Å². The third kappa shape index (κ3) is 4.50. The fraction of sp³-hybridized carbons (Fsp3) is 0.562. The predicted molar refractivity (Wildman–Crippen MR) is 84.6 cm³/mol. The fourth-order valence-corrected chi connectivity index (χ4v) is 2.89. The molecule has 0 N–H and O–H groups in total. The van der Waals surface area contributed by atoms with E-state index >= 15 is 0 Å². The number of rotatable bonds is 6. The summed E-state index contributed by atoms with van der Waals surface area (Å²) in [5.74, 6) is 0.300. The molecule has 0 unspecified atom stereocenters. The van der Waals surface area contributed by atoms with Gasteiger partial charge < -0.3 is 9.69 Å². The van der Waals surface area contributed by atoms with Crippen molar-refractivity contribution in [2.75, 3.05) is 37.6 Å². The smallest absolute Gasteiger partial charge is 0.129 e. The number of benzene rings is 1. The average molecular weight is 295 g/mol. The largest absolute Gasteiger partial charge is 0.368 e. The Morgan fingerprint density at radius 1 is 1.15 bits per heavy atom. The number of piperazine rings is 1. The Balaban J connectivity index is 1.73. The number of carbonyl (C=O) groups excluding carboxylic acids is 1. The molecule has 1 aromatic rings. The van der Waals surface area contributed by atoms with Crippen LogP contribution in [0.4, 0.5) is 5.69 Å². The van der Waals surface area contributed by atoms with Gasteiger partial charge in [0.1, 0.15) is 5.78 Å². The summed E-state index contributed by atoms with van der Waals surface area (Å²) >= 11 is 6.24. The minimum Gasteiger partial charge on any atom is -0.368 e. The lowest BCUT2D eigenvalue weighted by Gasteiger charge is -2.36. The van der Waals surface area contributed by atoms with E-state index in [4.69, 9.17) is 11.6 Å². The van der Waals surface area contributed by atoms with E-state index < -0.39 is 0 Å². The van der Waals surface area contributed by atoms with Crippen molar-refractivity contribution in [1.29, 1.82) is 0 Å². The molecule has 1 aliphatic rings. The quantitative estimate of drug-likeness (QED) is 0.753. The first-order valence-corrected chi connectivity index (χ1v) is 7.76. The summed E-state index contributed by atoms with van der Waals surface area (Å²) in [6.07, 6.45) is 2.85. The maximum atomic E-state index is 10.9. The van der Waals surface area contributed by atoms with Crippen molar-refractivity contribution in [3.05, 3.63) is 29.3 Å². The van der Waals surface area contributed by atoms with E-state index in [2.05, 4.69) is 15.9 Å². The second-order valence-electron chi connectivity index (χ2n) is 5.44. The zero-order chi connectivity index (χ0) is 14.4. The van der Waals surface area contributed by atoms with Gasteiger partial charge in [-0.3, -0.25) is 4.90 Å². The number of hydrogen-bond donors (Lipinski definition) is 0. The van der Waals surface area contributed by atoms with Crippen molar-refractivity contribution >= 4 is 23.1 Å². The maximum absolute atomic E-state index is 10.9. The SMILES string of the molecule is CC(=O)CCCCN1CCN(c2ccccc2Cl)CC1. The molecule has 3 nitrogen and oxygen atoms in total. The van der Waals surface area contributed by atoms with Crippen molar-refractivity contribution in [2.45, 2.75) is 26.2 Å². The van der Waals surface area contributed by atoms with E-state index in [1.807, 2.05) is 18.2 Å². The molecule has 0 bridgehead atoms. The van der Waals surface area contributed by atoms with Crippen LogP contribution >= 0.6 is 11.6 Å². The van der Waals surface area contributed by atoms with Gasteiger partial charge in [0.05, 0.1) is 10.7 Å². The summed E-state index contributed by atoms with van der Waals surface area (Å²) < 4.78 is 0. The molecular formula is C16H23ClN2O. The third-order valence-electron chi connectivity index (χ3n) is 3.82. The predicted octanol–water partition coefficient (Wildman–Crippen LogP) is 3.22. The second-order valence-corrected chi connectivity index (χ2v) is 5.85. The Hall–Kier alpha value is -1.06. The maximum Gasteiger partial charge on any atom is 0.129 e. The van der Waals surface area contributed by atoms with Gasteiger partial charge in [-0.1, -0.05) is 23.7 Å². The Morgan fingerprint density at radius 2 is 1.85 bits per heavy atom. The molecule has 4 heteroatoms. The molecule has 1 saturated heterocycles. The average Bonchev–Trinajstić information content (AvgIpc) is 2.45. The molecule has 0 atom stereocenters. The molecule has 2 rings (SSSR count). The normalized spacial score (nSPS) is 16.4. The number of anilines is 1. The topological polar surface area (TPSA) is 23.6 Å². The van der Waals surface area contributed by atoms with Gasteiger partial charge >= 0.3 is 0 Å². The highest BCUT2D eigenvalue weighted by Gasteiger charge is 2.18. The number of nitrogens with zero attached hydrogens (tertiary/aromatic N) is 2. The van der Waals surface area contributed by atoms with E-state index in [9.17, 15) is 4.79 Å². The van der Waals surface area contributed by atoms with Crippen LogP contribution in [0.2, 0.25) is 5.02 Å². The van der Waals surface area contributed by atoms with Crippen LogP contribution in [0.3, 0.4) is 0 Å². The number of halogens is 1. The molecule has 0 saturated carbocycles. The lowest BCUT2D eigenvalue weighted by Crippen LogP contribution is -2.46. The first-order chi connectivity index (χ1) is 9.66. The van der Waals surface area contributed by atoms with Crippen LogP contribution in [-0.2, 0) is 4.79 Å². The Bertz CT molecular complexity index is 442. The summed E-state index contributed by atoms with van der Waals surface area (Å²) in [6.45, 7) is 6.97. The van der Waals surface area contributed by atoms with E-state index in [0.29, 0.717) is 5.78 Å². The van der Waals surface area contributed by atoms with Gasteiger partial charge in [-0.25, -0.2) is 0 Å². The van der Waals surface area contributed by atoms with Gasteiger partial charge in [0.15, 0.2) is 0 Å². The van der Waals surface area contributed by atoms with Crippen molar-refractivity contribution in [2.24, 2.45) is 0 Å². The van der Waals surface area contributed by atoms with Gasteiger partial charge in [0.2, 0.25) is 0 Å². The Morgan fingerprint density at radius 3 is 2.50 bits per heavy atom. The summed E-state index contributed by atoms with van der Waals surface area (Å²) in [5.41, 5.74) is 1.14. The van der Waals surface area contributed by atoms with E-state index in [1.54, 1.807) is 6.92 Å². The lowest BCUT2D eigenvalue weighted by molar-refractivity contribution is -0.117. The van der Waals surface area contributed by atoms with Gasteiger partial charge in [-0.2, -0.15) is 0 Å². The van der Waals surface area contributed by atoms with Crippen molar-refractivity contribution in [1.82, 2.24) is 4.90 Å². The van der Waals surface area contributed by atoms with Crippen LogP contribution in [0.1, 0.15) is 26.2 Å². The molecule has 1 fully saturated rings. The first kappa shape index (κ1) is 15.3. The molecule has 20 heavy (non-hydrogen) atoms. The monoisotopic (exact) mass is 294 g/mol. The van der Waals surface area contributed by atoms with Crippen molar-refractivity contribution < 1.29 is 4.79 Å². The van der Waals surface area contributed by atoms with E-state index in [-0.39, 0.29) is 0 Å². The second kappa shape index (κ2) is 7.65. The minimum atomic E-state index is 0.300. The molecule has 0 radical (unpaired) electrons. The van der Waals surface area contributed by atoms with Gasteiger partial charge in [0, 0.05) is 32.6 Å². The number of ketones is 1. The fourth-order valence-electron chi connectivity index (χ4n) is 2.63. The standard InChI is InChI=1S/C16H23ClN2O/c1-14(20)6-4-5-9-18-10-12-19(13-11-18)16-8-3-2-7-15(16)17/h2-3,7-8H,4-6,9-13H2,1H3. The van der Waals surface area contributed by atoms with Gasteiger partial charge in [-0.15, -0.1) is 0 Å². The number of Topliss-reactive ketones (excluding diaryl/α,β-unsaturated/α-hetero) is 1. The molecule has 110 valence electrons. The van der Waals surface area contributed by atoms with Crippen molar-refractivity contribution in [3.8, 4) is 0 Å². The molecule has 0 aromatic heterocycles. The molecule has 1 heterocycles. The summed E-state index contributed by atoms with van der Waals surface area (Å²) in [4.78, 5) is 15.7. The van der Waals surface area contributed by atoms with Crippen LogP contribution in [-0.4, -0.2) is 43.4 Å². The summed E-state index contributed by atoms with van der Waals surface area (Å²) in [7, 11) is 0. The Labute approximate surface area is 126 Å². The number of para-hydroxylation sites is 1. The van der Waals surface area contributed by atoms with Gasteiger partial charge in [0.25, 0.3) is 0 Å². The number of unbranched alkanes of at least 4 members (excludes halogenated alkanes) is 1. The minimum absolute atomic E-state index is 0.300. The number of hydrogen-bond acceptors (Lipinski definition) is 3. The molecular weight excluding hydrogens is 272 g/mol. The number of carbonyl (C=O) groups is 1. The van der Waals surface area contributed by atoms with Gasteiger partial charge in [-0.05, 0) is 38.4 Å². The Kier molecular flexibility index (Phi) is 5.86. The zero-order valence-corrected chi connectivity index (χ0v) is 12.9. The molecule has 1 aliphatic heterocycles. The van der Waals surface area contributed by atoms with Crippen LogP contribution in [0.25, 0.3) is 0 Å². The molecule has 0 spiro atoms. The van der Waals surface area contributed by atoms with Crippen LogP contribution in [0, 0.1) is 0 Å². The van der Waals surface area contributed by atoms with Crippen LogP contribution in [0.5, 0.6) is 0 Å². The van der Waals surface area contributed by atoms with E-state index in [1.165, 1.54) is 0 Å². The van der Waals surface area contributed by atoms with E-state index in [0.717, 1.165) is 62.7 Å². The van der Waals surface area contributed by atoms with Crippen LogP contribution < -0.4 is 4.90 Å². The highest BCUT2D eigenvalue weighted by molar-refractivity contribution is 6.33. The third-order valence-corrected chi connectivity index (χ3v) is 4.14. The summed E-state index contributed by atoms with van der Waals surface area (Å²) in [5, 5.41) is 0.836. The summed E-state index contributed by atoms with van der Waals surface area (Å²) in [6, 6.07) is 8.04. The molecule has 0 aliphatic carbocycles.